The van der Waals surface area contributed by atoms with Gasteiger partial charge in [-0.2, -0.15) is 0 Å². The predicted octanol–water partition coefficient (Wildman–Crippen LogP) is 1.82. The second kappa shape index (κ2) is 12.9. The van der Waals surface area contributed by atoms with E-state index >= 15 is 0 Å². The molecular weight excluding hydrogens is 178 g/mol. The molecule has 3 nitrogen and oxygen atoms in total. The maximum absolute atomic E-state index is 5.40. The average Bonchev–Trinajstić information content (AvgIpc) is 2.21. The molecule has 0 aliphatic carbocycles. The van der Waals surface area contributed by atoms with Crippen molar-refractivity contribution in [1.82, 2.24) is 5.32 Å². The molecule has 0 heterocycles. The highest BCUT2D eigenvalue weighted by molar-refractivity contribution is 4.45. The molecule has 14 heavy (non-hydrogen) atoms. The Morgan fingerprint density at radius 3 is 2.29 bits per heavy atom. The second-order valence-corrected chi connectivity index (χ2v) is 3.33. The zero-order chi connectivity index (χ0) is 10.5. The molecule has 0 fully saturated rings. The third-order valence-electron chi connectivity index (χ3n) is 2.04. The third-order valence-corrected chi connectivity index (χ3v) is 2.04. The lowest BCUT2D eigenvalue weighted by Gasteiger charge is -2.04. The van der Waals surface area contributed by atoms with Crippen molar-refractivity contribution in [3.8, 4) is 0 Å². The van der Waals surface area contributed by atoms with E-state index in [2.05, 4.69) is 5.32 Å². The molecule has 0 aromatic heterocycles. The van der Waals surface area contributed by atoms with Crippen molar-refractivity contribution in [2.45, 2.75) is 32.6 Å². The van der Waals surface area contributed by atoms with Crippen LogP contribution in [0.15, 0.2) is 0 Å². The molecule has 86 valence electrons. The van der Waals surface area contributed by atoms with Crippen molar-refractivity contribution in [2.75, 3.05) is 40.0 Å². The monoisotopic (exact) mass is 203 g/mol. The minimum Gasteiger partial charge on any atom is -0.379 e. The second-order valence-electron chi connectivity index (χ2n) is 3.33. The molecule has 0 radical (unpaired) electrons. The van der Waals surface area contributed by atoms with Crippen molar-refractivity contribution in [2.24, 2.45) is 0 Å². The van der Waals surface area contributed by atoms with Crippen molar-refractivity contribution in [1.29, 1.82) is 0 Å². The Balaban J connectivity index is 2.78. The van der Waals surface area contributed by atoms with Crippen molar-refractivity contribution < 1.29 is 9.47 Å². The Morgan fingerprint density at radius 2 is 1.57 bits per heavy atom. The van der Waals surface area contributed by atoms with E-state index in [4.69, 9.17) is 9.47 Å². The molecule has 0 atom stereocenters. The van der Waals surface area contributed by atoms with E-state index in [1.807, 2.05) is 14.0 Å². The minimum atomic E-state index is 0.732. The van der Waals surface area contributed by atoms with Gasteiger partial charge in [0.25, 0.3) is 0 Å². The average molecular weight is 203 g/mol. The van der Waals surface area contributed by atoms with Crippen LogP contribution < -0.4 is 5.32 Å². The zero-order valence-electron chi connectivity index (χ0n) is 9.68. The van der Waals surface area contributed by atoms with Gasteiger partial charge in [-0.05, 0) is 33.4 Å². The van der Waals surface area contributed by atoms with E-state index in [1.54, 1.807) is 0 Å². The topological polar surface area (TPSA) is 30.5 Å². The quantitative estimate of drug-likeness (QED) is 0.520. The minimum absolute atomic E-state index is 0.732. The molecule has 0 aliphatic rings. The standard InChI is InChI=1S/C11H25NO2/c1-3-13-10-11-14-9-7-5-4-6-8-12-2/h12H,3-11H2,1-2H3. The van der Waals surface area contributed by atoms with Crippen LogP contribution in [0.25, 0.3) is 0 Å². The molecule has 0 aromatic carbocycles. The molecule has 0 aromatic rings. The number of unbranched alkanes of at least 4 members (excludes halogenated alkanes) is 3. The third kappa shape index (κ3) is 11.9. The first-order valence-corrected chi connectivity index (χ1v) is 5.72. The number of nitrogens with one attached hydrogen (secondary N) is 1. The fourth-order valence-corrected chi connectivity index (χ4v) is 1.22. The SMILES string of the molecule is CCOCCOCCCCCCNC. The molecule has 0 bridgehead atoms. The van der Waals surface area contributed by atoms with E-state index in [1.165, 1.54) is 25.7 Å². The molecule has 0 unspecified atom stereocenters. The largest absolute Gasteiger partial charge is 0.379 e. The van der Waals surface area contributed by atoms with E-state index in [0.29, 0.717) is 0 Å². The maximum atomic E-state index is 5.40. The van der Waals surface area contributed by atoms with Gasteiger partial charge in [0.15, 0.2) is 0 Å². The van der Waals surface area contributed by atoms with Gasteiger partial charge in [-0.3, -0.25) is 0 Å². The van der Waals surface area contributed by atoms with E-state index in [0.717, 1.165) is 33.0 Å². The summed E-state index contributed by atoms with van der Waals surface area (Å²) in [6.07, 6.45) is 5.03. The van der Waals surface area contributed by atoms with Gasteiger partial charge in [0.2, 0.25) is 0 Å². The number of hydrogen-bond donors (Lipinski definition) is 1. The first-order valence-electron chi connectivity index (χ1n) is 5.72. The molecular formula is C11H25NO2. The van der Waals surface area contributed by atoms with E-state index < -0.39 is 0 Å². The summed E-state index contributed by atoms with van der Waals surface area (Å²) in [6, 6.07) is 0. The van der Waals surface area contributed by atoms with Gasteiger partial charge >= 0.3 is 0 Å². The zero-order valence-corrected chi connectivity index (χ0v) is 9.68. The molecule has 1 N–H and O–H groups in total. The van der Waals surface area contributed by atoms with Gasteiger partial charge in [-0.1, -0.05) is 12.8 Å². The van der Waals surface area contributed by atoms with Crippen molar-refractivity contribution in [3.05, 3.63) is 0 Å². The van der Waals surface area contributed by atoms with Crippen molar-refractivity contribution in [3.63, 3.8) is 0 Å². The summed E-state index contributed by atoms with van der Waals surface area (Å²) in [5.74, 6) is 0. The summed E-state index contributed by atoms with van der Waals surface area (Å²) >= 11 is 0. The highest BCUT2D eigenvalue weighted by atomic mass is 16.5. The highest BCUT2D eigenvalue weighted by Gasteiger charge is 1.90. The molecule has 0 saturated heterocycles. The summed E-state index contributed by atoms with van der Waals surface area (Å²) < 4.78 is 10.6. The maximum Gasteiger partial charge on any atom is 0.0700 e. The Morgan fingerprint density at radius 1 is 0.857 bits per heavy atom. The highest BCUT2D eigenvalue weighted by Crippen LogP contribution is 1.98. The predicted molar refractivity (Wildman–Crippen MR) is 59.7 cm³/mol. The van der Waals surface area contributed by atoms with Crippen LogP contribution in [0.3, 0.4) is 0 Å². The van der Waals surface area contributed by atoms with Gasteiger partial charge < -0.3 is 14.8 Å². The Hall–Kier alpha value is -0.120. The van der Waals surface area contributed by atoms with Crippen LogP contribution in [0, 0.1) is 0 Å². The lowest BCUT2D eigenvalue weighted by molar-refractivity contribution is 0.0513. The first-order chi connectivity index (χ1) is 6.91. The molecule has 0 amide bonds. The number of ether oxygens (including phenoxy) is 2. The molecule has 0 rings (SSSR count). The molecule has 0 spiro atoms. The smallest absolute Gasteiger partial charge is 0.0700 e. The van der Waals surface area contributed by atoms with Crippen LogP contribution >= 0.6 is 0 Å². The first kappa shape index (κ1) is 13.9. The summed E-state index contributed by atoms with van der Waals surface area (Å²) in [4.78, 5) is 0. The molecule has 0 aliphatic heterocycles. The van der Waals surface area contributed by atoms with E-state index in [9.17, 15) is 0 Å². The van der Waals surface area contributed by atoms with Crippen LogP contribution in [0.2, 0.25) is 0 Å². The van der Waals surface area contributed by atoms with Crippen LogP contribution in [0.1, 0.15) is 32.6 Å². The van der Waals surface area contributed by atoms with Gasteiger partial charge in [-0.25, -0.2) is 0 Å². The molecule has 0 saturated carbocycles. The lowest BCUT2D eigenvalue weighted by atomic mass is 10.2. The van der Waals surface area contributed by atoms with Crippen LogP contribution in [-0.4, -0.2) is 40.0 Å². The summed E-state index contributed by atoms with van der Waals surface area (Å²) in [7, 11) is 2.00. The Kier molecular flexibility index (Phi) is 12.8. The van der Waals surface area contributed by atoms with Crippen LogP contribution in [-0.2, 0) is 9.47 Å². The van der Waals surface area contributed by atoms with Gasteiger partial charge in [0.05, 0.1) is 13.2 Å². The fraction of sp³-hybridized carbons (Fsp3) is 1.00. The Labute approximate surface area is 88.2 Å². The van der Waals surface area contributed by atoms with E-state index in [-0.39, 0.29) is 0 Å². The number of hydrogen-bond acceptors (Lipinski definition) is 3. The van der Waals surface area contributed by atoms with Crippen molar-refractivity contribution >= 4 is 0 Å². The molecule has 3 heteroatoms. The lowest BCUT2D eigenvalue weighted by Crippen LogP contribution is -2.07. The summed E-state index contributed by atoms with van der Waals surface area (Å²) in [5, 5.41) is 3.15. The van der Waals surface area contributed by atoms with Crippen LogP contribution in [0.5, 0.6) is 0 Å². The Bertz CT molecular complexity index is 87.3. The fourth-order valence-electron chi connectivity index (χ4n) is 1.22. The summed E-state index contributed by atoms with van der Waals surface area (Å²) in [6.45, 7) is 6.27. The van der Waals surface area contributed by atoms with Gasteiger partial charge in [0, 0.05) is 13.2 Å². The normalized spacial score (nSPS) is 10.7. The number of rotatable bonds is 11. The summed E-state index contributed by atoms with van der Waals surface area (Å²) in [5.41, 5.74) is 0. The van der Waals surface area contributed by atoms with Gasteiger partial charge in [0.1, 0.15) is 0 Å². The van der Waals surface area contributed by atoms with Crippen LogP contribution in [0.4, 0.5) is 0 Å². The van der Waals surface area contributed by atoms with Gasteiger partial charge in [-0.15, -0.1) is 0 Å².